The number of likely N-dealkylation sites (tertiary alicyclic amines) is 1. The minimum Gasteiger partial charge on any atom is -0.494 e. The largest absolute Gasteiger partial charge is 0.494 e. The average Bonchev–Trinajstić information content (AvgIpc) is 3.26. The van der Waals surface area contributed by atoms with Crippen LogP contribution in [0.2, 0.25) is 0 Å². The van der Waals surface area contributed by atoms with Crippen molar-refractivity contribution in [1.82, 2.24) is 10.1 Å². The monoisotopic (exact) mass is 466 g/mol. The van der Waals surface area contributed by atoms with E-state index in [4.69, 9.17) is 20.9 Å². The lowest BCUT2D eigenvalue weighted by Crippen LogP contribution is -2.34. The molecule has 5 rings (SSSR count). The third kappa shape index (κ3) is 4.99. The summed E-state index contributed by atoms with van der Waals surface area (Å²) < 4.78 is 24.8. The maximum Gasteiger partial charge on any atom is 0.170 e. The predicted octanol–water partition coefficient (Wildman–Crippen LogP) is 6.55. The number of halogens is 2. The number of fused-ring (bicyclic) bond motifs is 2. The molecule has 0 aliphatic carbocycles. The maximum atomic E-state index is 13.4. The number of hydrogen-bond acceptors (Lipinski definition) is 4. The second-order valence-electron chi connectivity index (χ2n) is 8.77. The molecule has 172 valence electrons. The summed E-state index contributed by atoms with van der Waals surface area (Å²) in [6.07, 6.45) is 3.92. The topological polar surface area (TPSA) is 38.5 Å². The first-order valence-electron chi connectivity index (χ1n) is 11.7. The molecule has 4 nitrogen and oxygen atoms in total. The van der Waals surface area contributed by atoms with Crippen molar-refractivity contribution in [2.45, 2.75) is 31.6 Å². The highest BCUT2D eigenvalue weighted by molar-refractivity contribution is 6.18. The van der Waals surface area contributed by atoms with E-state index in [1.807, 2.05) is 6.07 Å². The number of ether oxygens (including phenoxy) is 1. The lowest BCUT2D eigenvalue weighted by atomic mass is 9.91. The zero-order chi connectivity index (χ0) is 22.6. The van der Waals surface area contributed by atoms with Crippen molar-refractivity contribution in [3.8, 4) is 5.75 Å². The minimum atomic E-state index is -0.290. The number of rotatable bonds is 8. The zero-order valence-electron chi connectivity index (χ0n) is 18.6. The van der Waals surface area contributed by atoms with Crippen LogP contribution < -0.4 is 4.74 Å². The van der Waals surface area contributed by atoms with Crippen LogP contribution in [0.4, 0.5) is 4.39 Å². The van der Waals surface area contributed by atoms with E-state index < -0.39 is 0 Å². The Morgan fingerprint density at radius 3 is 2.79 bits per heavy atom. The number of aromatic nitrogens is 1. The van der Waals surface area contributed by atoms with E-state index in [1.54, 1.807) is 6.07 Å². The minimum absolute atomic E-state index is 0.290. The van der Waals surface area contributed by atoms with Crippen molar-refractivity contribution in [1.29, 1.82) is 0 Å². The fourth-order valence-corrected chi connectivity index (χ4v) is 5.06. The fourth-order valence-electron chi connectivity index (χ4n) is 4.86. The van der Waals surface area contributed by atoms with Gasteiger partial charge in [-0.3, -0.25) is 0 Å². The molecule has 2 heterocycles. The molecule has 6 heteroatoms. The SMILES string of the molecule is Fc1ccc2c(C3CCN(CCCOc4ccc5cccc(CCCl)c5c4)CC3)noc2c1. The van der Waals surface area contributed by atoms with Crippen LogP contribution >= 0.6 is 11.6 Å². The summed E-state index contributed by atoms with van der Waals surface area (Å²) in [5.41, 5.74) is 2.77. The molecule has 1 saturated heterocycles. The molecule has 4 aromatic rings. The van der Waals surface area contributed by atoms with Crippen molar-refractivity contribution >= 4 is 33.3 Å². The molecule has 1 aromatic heterocycles. The van der Waals surface area contributed by atoms with Crippen LogP contribution in [0.25, 0.3) is 21.7 Å². The van der Waals surface area contributed by atoms with Crippen LogP contribution in [0.5, 0.6) is 5.75 Å². The summed E-state index contributed by atoms with van der Waals surface area (Å²) in [7, 11) is 0. The van der Waals surface area contributed by atoms with Gasteiger partial charge in [-0.05, 0) is 79.4 Å². The van der Waals surface area contributed by atoms with Crippen LogP contribution in [0.1, 0.15) is 36.4 Å². The van der Waals surface area contributed by atoms with Gasteiger partial charge in [0.05, 0.1) is 12.3 Å². The van der Waals surface area contributed by atoms with Gasteiger partial charge in [0.15, 0.2) is 5.58 Å². The molecule has 1 fully saturated rings. The van der Waals surface area contributed by atoms with Gasteiger partial charge in [0, 0.05) is 29.8 Å². The van der Waals surface area contributed by atoms with Crippen LogP contribution in [0.15, 0.2) is 59.1 Å². The molecule has 0 N–H and O–H groups in total. The Morgan fingerprint density at radius 2 is 1.94 bits per heavy atom. The molecule has 0 bridgehead atoms. The number of hydrogen-bond donors (Lipinski definition) is 0. The van der Waals surface area contributed by atoms with E-state index >= 15 is 0 Å². The van der Waals surface area contributed by atoms with Crippen LogP contribution in [-0.2, 0) is 6.42 Å². The van der Waals surface area contributed by atoms with Crippen molar-refractivity contribution in [3.05, 3.63) is 71.7 Å². The van der Waals surface area contributed by atoms with Crippen molar-refractivity contribution in [3.63, 3.8) is 0 Å². The van der Waals surface area contributed by atoms with E-state index in [1.165, 1.54) is 28.5 Å². The number of benzene rings is 3. The van der Waals surface area contributed by atoms with Gasteiger partial charge in [-0.15, -0.1) is 11.6 Å². The Hall–Kier alpha value is -2.63. The fraction of sp³-hybridized carbons (Fsp3) is 0.370. The molecule has 1 aliphatic heterocycles. The van der Waals surface area contributed by atoms with Gasteiger partial charge in [0.2, 0.25) is 0 Å². The molecule has 0 amide bonds. The summed E-state index contributed by atoms with van der Waals surface area (Å²) in [6, 6.07) is 17.3. The van der Waals surface area contributed by atoms with Gasteiger partial charge in [0.1, 0.15) is 11.6 Å². The van der Waals surface area contributed by atoms with Gasteiger partial charge in [0.25, 0.3) is 0 Å². The highest BCUT2D eigenvalue weighted by atomic mass is 35.5. The molecule has 0 saturated carbocycles. The van der Waals surface area contributed by atoms with Crippen molar-refractivity contribution < 1.29 is 13.7 Å². The Morgan fingerprint density at radius 1 is 1.06 bits per heavy atom. The standard InChI is InChI=1S/C27H28ClFN2O2/c28-12-9-20-4-1-3-19-5-7-23(18-25(19)20)32-16-2-13-31-14-10-21(11-15-31)27-24-8-6-22(29)17-26(24)33-30-27/h1,3-8,17-18,21H,2,9-16H2. The highest BCUT2D eigenvalue weighted by Gasteiger charge is 2.25. The van der Waals surface area contributed by atoms with E-state index in [9.17, 15) is 4.39 Å². The van der Waals surface area contributed by atoms with Crippen LogP contribution in [0, 0.1) is 5.82 Å². The summed E-state index contributed by atoms with van der Waals surface area (Å²) in [5.74, 6) is 1.61. The first kappa shape index (κ1) is 22.2. The Balaban J connectivity index is 1.10. The third-order valence-corrected chi connectivity index (χ3v) is 6.82. The normalized spacial score (nSPS) is 15.5. The lowest BCUT2D eigenvalue weighted by Gasteiger charge is -2.31. The van der Waals surface area contributed by atoms with Gasteiger partial charge in [-0.2, -0.15) is 0 Å². The first-order valence-corrected chi connectivity index (χ1v) is 12.2. The number of nitrogens with zero attached hydrogens (tertiary/aromatic N) is 2. The quantitative estimate of drug-likeness (QED) is 0.218. The van der Waals surface area contributed by atoms with E-state index in [0.29, 0.717) is 24.0 Å². The van der Waals surface area contributed by atoms with E-state index in [2.05, 4.69) is 40.4 Å². The van der Waals surface area contributed by atoms with Crippen LogP contribution in [-0.4, -0.2) is 42.2 Å². The second kappa shape index (κ2) is 10.1. The Bertz CT molecular complexity index is 1230. The maximum absolute atomic E-state index is 13.4. The molecule has 1 aliphatic rings. The number of alkyl halides is 1. The average molecular weight is 467 g/mol. The van der Waals surface area contributed by atoms with E-state index in [-0.39, 0.29) is 5.82 Å². The molecule has 0 spiro atoms. The molecule has 0 radical (unpaired) electrons. The zero-order valence-corrected chi connectivity index (χ0v) is 19.4. The van der Waals surface area contributed by atoms with Gasteiger partial charge in [-0.25, -0.2) is 4.39 Å². The molecule has 0 unspecified atom stereocenters. The summed E-state index contributed by atoms with van der Waals surface area (Å²) in [6.45, 7) is 3.77. The number of aryl methyl sites for hydroxylation is 1. The van der Waals surface area contributed by atoms with Crippen LogP contribution in [0.3, 0.4) is 0 Å². The number of piperidine rings is 1. The van der Waals surface area contributed by atoms with E-state index in [0.717, 1.165) is 62.1 Å². The molecule has 3 aromatic carbocycles. The summed E-state index contributed by atoms with van der Waals surface area (Å²) in [5, 5.41) is 7.63. The molecule has 0 atom stereocenters. The molecule has 33 heavy (non-hydrogen) atoms. The van der Waals surface area contributed by atoms with Gasteiger partial charge in [-0.1, -0.05) is 29.4 Å². The van der Waals surface area contributed by atoms with Crippen molar-refractivity contribution in [2.24, 2.45) is 0 Å². The second-order valence-corrected chi connectivity index (χ2v) is 9.14. The smallest absolute Gasteiger partial charge is 0.170 e. The molecular weight excluding hydrogens is 439 g/mol. The first-order chi connectivity index (χ1) is 16.2. The summed E-state index contributed by atoms with van der Waals surface area (Å²) >= 11 is 5.96. The predicted molar refractivity (Wildman–Crippen MR) is 131 cm³/mol. The highest BCUT2D eigenvalue weighted by Crippen LogP contribution is 2.33. The molecular formula is C27H28ClFN2O2. The Labute approximate surface area is 198 Å². The van der Waals surface area contributed by atoms with Crippen molar-refractivity contribution in [2.75, 3.05) is 32.1 Å². The Kier molecular flexibility index (Phi) is 6.79. The third-order valence-electron chi connectivity index (χ3n) is 6.63. The summed E-state index contributed by atoms with van der Waals surface area (Å²) in [4.78, 5) is 2.49. The van der Waals surface area contributed by atoms with Gasteiger partial charge < -0.3 is 14.2 Å². The lowest BCUT2D eigenvalue weighted by molar-refractivity contribution is 0.191. The van der Waals surface area contributed by atoms with Gasteiger partial charge >= 0.3 is 0 Å².